The molecule has 2 N–H and O–H groups in total. The number of rotatable bonds is 5. The van der Waals surface area contributed by atoms with Crippen LogP contribution >= 0.6 is 15.9 Å². The first kappa shape index (κ1) is 15.1. The van der Waals surface area contributed by atoms with E-state index in [0.717, 1.165) is 0 Å². The molecule has 0 aromatic heterocycles. The first-order chi connectivity index (χ1) is 10.1. The van der Waals surface area contributed by atoms with Gasteiger partial charge in [-0.1, -0.05) is 18.2 Å². The molecule has 2 rings (SSSR count). The highest BCUT2D eigenvalue weighted by molar-refractivity contribution is 9.10. The fourth-order valence-electron chi connectivity index (χ4n) is 1.63. The quantitative estimate of drug-likeness (QED) is 0.869. The standard InChI is InChI=1S/C15H12BrNO4/c16-13-7-6-11(8-12(13)15(19)20)21-9-14(18)17-10-4-2-1-3-5-10/h1-8H,9H2,(H,17,18)(H,19,20). The number of carboxylic acids is 1. The second-order valence-electron chi connectivity index (χ2n) is 4.15. The Morgan fingerprint density at radius 2 is 1.86 bits per heavy atom. The highest BCUT2D eigenvalue weighted by Crippen LogP contribution is 2.22. The maximum atomic E-state index is 11.7. The normalized spacial score (nSPS) is 9.95. The van der Waals surface area contributed by atoms with Crippen molar-refractivity contribution in [2.24, 2.45) is 0 Å². The molecule has 0 atom stereocenters. The van der Waals surface area contributed by atoms with E-state index in [1.165, 1.54) is 6.07 Å². The first-order valence-corrected chi connectivity index (χ1v) is 6.86. The lowest BCUT2D eigenvalue weighted by Gasteiger charge is -2.08. The van der Waals surface area contributed by atoms with E-state index < -0.39 is 5.97 Å². The summed E-state index contributed by atoms with van der Waals surface area (Å²) in [5.74, 6) is -1.07. The predicted molar refractivity (Wildman–Crippen MR) is 81.7 cm³/mol. The minimum atomic E-state index is -1.07. The molecule has 6 heteroatoms. The number of hydrogen-bond acceptors (Lipinski definition) is 3. The number of aromatic carboxylic acids is 1. The van der Waals surface area contributed by atoms with Gasteiger partial charge in [0.1, 0.15) is 5.75 Å². The molecule has 0 aliphatic rings. The molecule has 2 aromatic rings. The van der Waals surface area contributed by atoms with Gasteiger partial charge >= 0.3 is 5.97 Å². The van der Waals surface area contributed by atoms with Crippen LogP contribution in [0.1, 0.15) is 10.4 Å². The molecule has 5 nitrogen and oxygen atoms in total. The molecule has 2 aromatic carbocycles. The number of para-hydroxylation sites is 1. The average molecular weight is 350 g/mol. The van der Waals surface area contributed by atoms with Crippen LogP contribution in [0.3, 0.4) is 0 Å². The van der Waals surface area contributed by atoms with Crippen LogP contribution < -0.4 is 10.1 Å². The Balaban J connectivity index is 1.95. The number of carbonyl (C=O) groups excluding carboxylic acids is 1. The molecule has 0 aliphatic carbocycles. The number of carbonyl (C=O) groups is 2. The van der Waals surface area contributed by atoms with Crippen LogP contribution in [-0.4, -0.2) is 23.6 Å². The van der Waals surface area contributed by atoms with E-state index in [1.54, 1.807) is 24.3 Å². The van der Waals surface area contributed by atoms with Gasteiger partial charge in [-0.15, -0.1) is 0 Å². The van der Waals surface area contributed by atoms with Crippen LogP contribution in [0.5, 0.6) is 5.75 Å². The molecule has 0 heterocycles. The van der Waals surface area contributed by atoms with E-state index in [2.05, 4.69) is 21.2 Å². The lowest BCUT2D eigenvalue weighted by atomic mass is 10.2. The van der Waals surface area contributed by atoms with Crippen LogP contribution in [-0.2, 0) is 4.79 Å². The molecule has 0 aliphatic heterocycles. The summed E-state index contributed by atoms with van der Waals surface area (Å²) in [4.78, 5) is 22.7. The van der Waals surface area contributed by atoms with Crippen molar-refractivity contribution in [1.82, 2.24) is 0 Å². The number of ether oxygens (including phenoxy) is 1. The van der Waals surface area contributed by atoms with E-state index in [-0.39, 0.29) is 18.1 Å². The molecule has 0 spiro atoms. The topological polar surface area (TPSA) is 75.6 Å². The molecular formula is C15H12BrNO4. The molecule has 0 saturated heterocycles. The van der Waals surface area contributed by atoms with Gasteiger partial charge in [-0.3, -0.25) is 4.79 Å². The predicted octanol–water partition coefficient (Wildman–Crippen LogP) is 3.16. The van der Waals surface area contributed by atoms with Gasteiger partial charge in [-0.05, 0) is 46.3 Å². The number of halogens is 1. The third-order valence-corrected chi connectivity index (χ3v) is 3.29. The smallest absolute Gasteiger partial charge is 0.336 e. The van der Waals surface area contributed by atoms with Gasteiger partial charge in [0.2, 0.25) is 0 Å². The fraction of sp³-hybridized carbons (Fsp3) is 0.0667. The fourth-order valence-corrected chi connectivity index (χ4v) is 2.04. The van der Waals surface area contributed by atoms with Crippen molar-refractivity contribution in [2.75, 3.05) is 11.9 Å². The first-order valence-electron chi connectivity index (χ1n) is 6.07. The number of nitrogens with one attached hydrogen (secondary N) is 1. The number of hydrogen-bond donors (Lipinski definition) is 2. The SMILES string of the molecule is O=C(COc1ccc(Br)c(C(=O)O)c1)Nc1ccccc1. The molecule has 108 valence electrons. The summed E-state index contributed by atoms with van der Waals surface area (Å²) in [6.45, 7) is -0.199. The van der Waals surface area contributed by atoms with Crippen LogP contribution in [0.15, 0.2) is 53.0 Å². The molecule has 0 radical (unpaired) electrons. The Bertz CT molecular complexity index is 658. The maximum Gasteiger partial charge on any atom is 0.336 e. The molecule has 0 fully saturated rings. The molecular weight excluding hydrogens is 338 g/mol. The van der Waals surface area contributed by atoms with E-state index in [4.69, 9.17) is 9.84 Å². The number of benzene rings is 2. The molecule has 0 unspecified atom stereocenters. The zero-order valence-electron chi connectivity index (χ0n) is 10.9. The van der Waals surface area contributed by atoms with Crippen molar-refractivity contribution in [3.05, 3.63) is 58.6 Å². The maximum absolute atomic E-state index is 11.7. The second kappa shape index (κ2) is 6.90. The lowest BCUT2D eigenvalue weighted by molar-refractivity contribution is -0.118. The van der Waals surface area contributed by atoms with Crippen LogP contribution in [0, 0.1) is 0 Å². The van der Waals surface area contributed by atoms with E-state index in [1.807, 2.05) is 18.2 Å². The van der Waals surface area contributed by atoms with Gasteiger partial charge < -0.3 is 15.2 Å². The van der Waals surface area contributed by atoms with Crippen molar-refractivity contribution < 1.29 is 19.4 Å². The third-order valence-electron chi connectivity index (χ3n) is 2.60. The van der Waals surface area contributed by atoms with Crippen molar-refractivity contribution >= 4 is 33.5 Å². The lowest BCUT2D eigenvalue weighted by Crippen LogP contribution is -2.20. The Morgan fingerprint density at radius 3 is 2.52 bits per heavy atom. The largest absolute Gasteiger partial charge is 0.484 e. The minimum absolute atomic E-state index is 0.0796. The summed E-state index contributed by atoms with van der Waals surface area (Å²) in [5, 5.41) is 11.7. The van der Waals surface area contributed by atoms with Crippen LogP contribution in [0.4, 0.5) is 5.69 Å². The van der Waals surface area contributed by atoms with Crippen molar-refractivity contribution in [3.63, 3.8) is 0 Å². The van der Waals surface area contributed by atoms with E-state index in [0.29, 0.717) is 15.9 Å². The minimum Gasteiger partial charge on any atom is -0.484 e. The van der Waals surface area contributed by atoms with Gasteiger partial charge in [0.25, 0.3) is 5.91 Å². The molecule has 0 saturated carbocycles. The Hall–Kier alpha value is -2.34. The molecule has 21 heavy (non-hydrogen) atoms. The second-order valence-corrected chi connectivity index (χ2v) is 5.00. The van der Waals surface area contributed by atoms with E-state index >= 15 is 0 Å². The molecule has 0 bridgehead atoms. The number of amides is 1. The van der Waals surface area contributed by atoms with Gasteiger partial charge in [0, 0.05) is 10.2 Å². The van der Waals surface area contributed by atoms with Gasteiger partial charge in [0.05, 0.1) is 5.56 Å². The average Bonchev–Trinajstić information content (AvgIpc) is 2.47. The van der Waals surface area contributed by atoms with Crippen molar-refractivity contribution in [2.45, 2.75) is 0 Å². The zero-order valence-corrected chi connectivity index (χ0v) is 12.5. The summed E-state index contributed by atoms with van der Waals surface area (Å²) < 4.78 is 5.74. The van der Waals surface area contributed by atoms with Crippen LogP contribution in [0.2, 0.25) is 0 Å². The Labute approximate surface area is 129 Å². The van der Waals surface area contributed by atoms with Crippen molar-refractivity contribution in [1.29, 1.82) is 0 Å². The molecule has 1 amide bonds. The Kier molecular flexibility index (Phi) is 4.94. The van der Waals surface area contributed by atoms with Crippen molar-refractivity contribution in [3.8, 4) is 5.75 Å². The summed E-state index contributed by atoms with van der Waals surface area (Å²) in [6.07, 6.45) is 0. The number of anilines is 1. The summed E-state index contributed by atoms with van der Waals surface area (Å²) >= 11 is 3.14. The van der Waals surface area contributed by atoms with Gasteiger partial charge in [0.15, 0.2) is 6.61 Å². The highest BCUT2D eigenvalue weighted by atomic mass is 79.9. The highest BCUT2D eigenvalue weighted by Gasteiger charge is 2.10. The Morgan fingerprint density at radius 1 is 1.14 bits per heavy atom. The monoisotopic (exact) mass is 349 g/mol. The van der Waals surface area contributed by atoms with Gasteiger partial charge in [-0.2, -0.15) is 0 Å². The van der Waals surface area contributed by atoms with Gasteiger partial charge in [-0.25, -0.2) is 4.79 Å². The summed E-state index contributed by atoms with van der Waals surface area (Å²) in [7, 11) is 0. The summed E-state index contributed by atoms with van der Waals surface area (Å²) in [6, 6.07) is 13.5. The van der Waals surface area contributed by atoms with Crippen LogP contribution in [0.25, 0.3) is 0 Å². The zero-order chi connectivity index (χ0) is 15.2. The summed E-state index contributed by atoms with van der Waals surface area (Å²) in [5.41, 5.74) is 0.754. The third kappa shape index (κ3) is 4.32. The number of carboxylic acid groups (broad SMARTS) is 1. The van der Waals surface area contributed by atoms with E-state index in [9.17, 15) is 9.59 Å².